The molecule has 0 aliphatic carbocycles. The van der Waals surface area contributed by atoms with Crippen molar-refractivity contribution in [2.75, 3.05) is 20.1 Å². The highest BCUT2D eigenvalue weighted by atomic mass is 16.4. The van der Waals surface area contributed by atoms with E-state index in [1.807, 2.05) is 0 Å². The van der Waals surface area contributed by atoms with Crippen LogP contribution in [0, 0.1) is 0 Å². The summed E-state index contributed by atoms with van der Waals surface area (Å²) in [4.78, 5) is 17.6. The molecule has 2 aromatic heterocycles. The van der Waals surface area contributed by atoms with Gasteiger partial charge in [-0.15, -0.1) is 5.10 Å². The molecule has 130 valence electrons. The second-order valence-corrected chi connectivity index (χ2v) is 5.94. The summed E-state index contributed by atoms with van der Waals surface area (Å²) in [6.07, 6.45) is 8.12. The number of unbranched alkanes of at least 4 members (excludes halogenated alkanes) is 3. The second-order valence-electron chi connectivity index (χ2n) is 5.94. The van der Waals surface area contributed by atoms with E-state index >= 15 is 0 Å². The number of aromatic nitrogens is 4. The fourth-order valence-corrected chi connectivity index (χ4v) is 2.51. The van der Waals surface area contributed by atoms with Crippen LogP contribution in [0.5, 0.6) is 0 Å². The van der Waals surface area contributed by atoms with Crippen LogP contribution in [0.2, 0.25) is 0 Å². The molecule has 0 aromatic carbocycles. The van der Waals surface area contributed by atoms with Gasteiger partial charge < -0.3 is 10.0 Å². The number of carboxylic acid groups (broad SMARTS) is 1. The van der Waals surface area contributed by atoms with Crippen molar-refractivity contribution < 1.29 is 9.90 Å². The van der Waals surface area contributed by atoms with Gasteiger partial charge in [0.1, 0.15) is 5.69 Å². The average Bonchev–Trinajstić information content (AvgIpc) is 3.05. The largest absolute Gasteiger partial charge is 0.478 e. The normalized spacial score (nSPS) is 11.1. The van der Waals surface area contributed by atoms with Gasteiger partial charge >= 0.3 is 5.97 Å². The summed E-state index contributed by atoms with van der Waals surface area (Å²) in [5, 5.41) is 17.1. The Bertz CT molecular complexity index is 656. The molecule has 24 heavy (non-hydrogen) atoms. The quantitative estimate of drug-likeness (QED) is 0.674. The Balaban J connectivity index is 1.95. The molecule has 0 radical (unpaired) electrons. The Kier molecular flexibility index (Phi) is 6.87. The van der Waals surface area contributed by atoms with Crippen molar-refractivity contribution in [1.82, 2.24) is 24.9 Å². The molecule has 0 fully saturated rings. The predicted molar refractivity (Wildman–Crippen MR) is 91.9 cm³/mol. The van der Waals surface area contributed by atoms with E-state index in [9.17, 15) is 4.79 Å². The van der Waals surface area contributed by atoms with E-state index in [0.29, 0.717) is 12.2 Å². The number of carbonyl (C=O) groups is 1. The van der Waals surface area contributed by atoms with Crippen molar-refractivity contribution in [2.45, 2.75) is 39.2 Å². The highest BCUT2D eigenvalue weighted by molar-refractivity contribution is 5.88. The third kappa shape index (κ3) is 5.13. The van der Waals surface area contributed by atoms with E-state index in [4.69, 9.17) is 5.11 Å². The van der Waals surface area contributed by atoms with Crippen molar-refractivity contribution in [2.24, 2.45) is 0 Å². The lowest BCUT2D eigenvalue weighted by Gasteiger charge is -2.16. The summed E-state index contributed by atoms with van der Waals surface area (Å²) in [7, 11) is 2.10. The summed E-state index contributed by atoms with van der Waals surface area (Å²) >= 11 is 0. The molecule has 0 saturated carbocycles. The zero-order valence-corrected chi connectivity index (χ0v) is 14.4. The Morgan fingerprint density at radius 3 is 2.88 bits per heavy atom. The minimum Gasteiger partial charge on any atom is -0.478 e. The Labute approximate surface area is 142 Å². The van der Waals surface area contributed by atoms with Gasteiger partial charge in [-0.05, 0) is 32.1 Å². The summed E-state index contributed by atoms with van der Waals surface area (Å²) in [5.41, 5.74) is 1.52. The topological polar surface area (TPSA) is 84.1 Å². The molecule has 7 nitrogen and oxygen atoms in total. The molecular formula is C17H25N5O2. The van der Waals surface area contributed by atoms with Crippen LogP contribution in [-0.4, -0.2) is 56.1 Å². The van der Waals surface area contributed by atoms with Gasteiger partial charge in [-0.25, -0.2) is 9.48 Å². The lowest BCUT2D eigenvalue weighted by atomic mass is 10.2. The van der Waals surface area contributed by atoms with E-state index in [0.717, 1.165) is 18.8 Å². The lowest BCUT2D eigenvalue weighted by molar-refractivity contribution is 0.0697. The minimum atomic E-state index is -0.968. The highest BCUT2D eigenvalue weighted by Crippen LogP contribution is 2.16. The van der Waals surface area contributed by atoms with Gasteiger partial charge in [-0.3, -0.25) is 4.98 Å². The van der Waals surface area contributed by atoms with Gasteiger partial charge in [0.2, 0.25) is 0 Å². The number of hydrogen-bond acceptors (Lipinski definition) is 5. The Morgan fingerprint density at radius 2 is 2.12 bits per heavy atom. The number of likely N-dealkylation sites (N-methyl/N-ethyl adjacent to an activating group) is 1. The van der Waals surface area contributed by atoms with Crippen molar-refractivity contribution in [1.29, 1.82) is 0 Å². The molecule has 0 spiro atoms. The van der Waals surface area contributed by atoms with Crippen LogP contribution in [0.4, 0.5) is 0 Å². The zero-order valence-electron chi connectivity index (χ0n) is 14.4. The van der Waals surface area contributed by atoms with Crippen LogP contribution in [0.15, 0.2) is 24.5 Å². The standard InChI is InChI=1S/C17H25N5O2/c1-3-4-5-6-9-21(2)10-11-22-16(13-19-20-22)15-12-14(17(23)24)7-8-18-15/h7-8,12-13H,3-6,9-11H2,1-2H3,(H,23,24). The van der Waals surface area contributed by atoms with Gasteiger partial charge in [0.15, 0.2) is 0 Å². The van der Waals surface area contributed by atoms with Crippen molar-refractivity contribution in [3.8, 4) is 11.4 Å². The van der Waals surface area contributed by atoms with Crippen LogP contribution in [-0.2, 0) is 6.54 Å². The Morgan fingerprint density at radius 1 is 1.29 bits per heavy atom. The fraction of sp³-hybridized carbons (Fsp3) is 0.529. The molecule has 0 unspecified atom stereocenters. The molecule has 0 bridgehead atoms. The molecule has 0 aliphatic rings. The molecule has 0 aliphatic heterocycles. The summed E-state index contributed by atoms with van der Waals surface area (Å²) in [5.74, 6) is -0.968. The van der Waals surface area contributed by atoms with Gasteiger partial charge in [0.25, 0.3) is 0 Å². The third-order valence-corrected chi connectivity index (χ3v) is 3.97. The minimum absolute atomic E-state index is 0.209. The fourth-order valence-electron chi connectivity index (χ4n) is 2.51. The molecule has 2 aromatic rings. The van der Waals surface area contributed by atoms with Crippen LogP contribution in [0.25, 0.3) is 11.4 Å². The molecule has 0 amide bonds. The number of nitrogens with zero attached hydrogens (tertiary/aromatic N) is 5. The Hall–Kier alpha value is -2.28. The first kappa shape index (κ1) is 18.1. The summed E-state index contributed by atoms with van der Waals surface area (Å²) < 4.78 is 1.77. The van der Waals surface area contributed by atoms with Gasteiger partial charge in [0.05, 0.1) is 24.0 Å². The third-order valence-electron chi connectivity index (χ3n) is 3.97. The van der Waals surface area contributed by atoms with E-state index in [1.165, 1.54) is 37.9 Å². The van der Waals surface area contributed by atoms with E-state index in [-0.39, 0.29) is 5.56 Å². The molecule has 2 heterocycles. The maximum absolute atomic E-state index is 11.1. The number of pyridine rings is 1. The molecule has 0 atom stereocenters. The van der Waals surface area contributed by atoms with Gasteiger partial charge in [0, 0.05) is 12.7 Å². The molecule has 0 saturated heterocycles. The summed E-state index contributed by atoms with van der Waals surface area (Å²) in [6, 6.07) is 3.02. The zero-order chi connectivity index (χ0) is 17.4. The first-order valence-electron chi connectivity index (χ1n) is 8.38. The smallest absolute Gasteiger partial charge is 0.335 e. The number of aromatic carboxylic acids is 1. The maximum Gasteiger partial charge on any atom is 0.335 e. The van der Waals surface area contributed by atoms with Gasteiger partial charge in [-0.2, -0.15) is 0 Å². The van der Waals surface area contributed by atoms with Gasteiger partial charge in [-0.1, -0.05) is 31.4 Å². The molecule has 7 heteroatoms. The van der Waals surface area contributed by atoms with E-state index < -0.39 is 5.97 Å². The molecule has 2 rings (SSSR count). The number of carboxylic acids is 1. The summed E-state index contributed by atoms with van der Waals surface area (Å²) in [6.45, 7) is 4.83. The first-order valence-corrected chi connectivity index (χ1v) is 8.38. The maximum atomic E-state index is 11.1. The molecule has 1 N–H and O–H groups in total. The van der Waals surface area contributed by atoms with E-state index in [1.54, 1.807) is 16.9 Å². The highest BCUT2D eigenvalue weighted by Gasteiger charge is 2.11. The van der Waals surface area contributed by atoms with Crippen molar-refractivity contribution >= 4 is 5.97 Å². The van der Waals surface area contributed by atoms with Crippen molar-refractivity contribution in [3.63, 3.8) is 0 Å². The monoisotopic (exact) mass is 331 g/mol. The predicted octanol–water partition coefficient (Wildman–Crippen LogP) is 2.55. The van der Waals surface area contributed by atoms with Crippen LogP contribution >= 0.6 is 0 Å². The number of hydrogen-bond donors (Lipinski definition) is 1. The van der Waals surface area contributed by atoms with Crippen LogP contribution < -0.4 is 0 Å². The molecular weight excluding hydrogens is 306 g/mol. The number of rotatable bonds is 10. The van der Waals surface area contributed by atoms with Crippen LogP contribution in [0.1, 0.15) is 43.0 Å². The first-order chi connectivity index (χ1) is 11.6. The SMILES string of the molecule is CCCCCCN(C)CCn1nncc1-c1cc(C(=O)O)ccn1. The lowest BCUT2D eigenvalue weighted by Crippen LogP contribution is -2.25. The average molecular weight is 331 g/mol. The van der Waals surface area contributed by atoms with Crippen LogP contribution in [0.3, 0.4) is 0 Å². The van der Waals surface area contributed by atoms with Crippen molar-refractivity contribution in [3.05, 3.63) is 30.1 Å². The second kappa shape index (κ2) is 9.12. The van der Waals surface area contributed by atoms with E-state index in [2.05, 4.69) is 34.2 Å².